The van der Waals surface area contributed by atoms with Crippen LogP contribution in [0.5, 0.6) is 0 Å². The number of Topliss-reactive ketones (excluding diaryl/α,β-unsaturated/α-hetero) is 1. The van der Waals surface area contributed by atoms with Crippen molar-refractivity contribution in [1.82, 2.24) is 0 Å². The van der Waals surface area contributed by atoms with Crippen LogP contribution in [0.2, 0.25) is 0 Å². The number of carbonyl (C=O) groups excluding carboxylic acids is 1. The Balaban J connectivity index is 2.22. The van der Waals surface area contributed by atoms with E-state index in [2.05, 4.69) is 0 Å². The Labute approximate surface area is 94.4 Å². The molecule has 1 aliphatic rings. The van der Waals surface area contributed by atoms with Crippen LogP contribution in [0.15, 0.2) is 18.2 Å². The fourth-order valence-electron chi connectivity index (χ4n) is 2.04. The van der Waals surface area contributed by atoms with Crippen molar-refractivity contribution < 1.29 is 13.9 Å². The molecule has 0 radical (unpaired) electrons. The Bertz CT molecular complexity index is 395. The van der Waals surface area contributed by atoms with Crippen molar-refractivity contribution in [3.05, 3.63) is 35.1 Å². The molecule has 2 rings (SSSR count). The van der Waals surface area contributed by atoms with E-state index in [1.54, 1.807) is 6.07 Å². The highest BCUT2D eigenvalue weighted by atomic mass is 19.1. The van der Waals surface area contributed by atoms with Gasteiger partial charge in [0.1, 0.15) is 5.82 Å². The third-order valence-corrected chi connectivity index (χ3v) is 3.06. The van der Waals surface area contributed by atoms with Crippen LogP contribution in [0.4, 0.5) is 4.39 Å². The Morgan fingerprint density at radius 3 is 2.75 bits per heavy atom. The summed E-state index contributed by atoms with van der Waals surface area (Å²) >= 11 is 0. The van der Waals surface area contributed by atoms with Gasteiger partial charge in [-0.1, -0.05) is 6.07 Å². The maximum Gasteiger partial charge on any atom is 0.166 e. The molecule has 1 aromatic carbocycles. The highest BCUT2D eigenvalue weighted by Crippen LogP contribution is 2.22. The van der Waals surface area contributed by atoms with Crippen LogP contribution in [-0.4, -0.2) is 19.0 Å². The molecule has 1 fully saturated rings. The molecule has 0 unspecified atom stereocenters. The Hall–Kier alpha value is -1.22. The van der Waals surface area contributed by atoms with Gasteiger partial charge < -0.3 is 4.74 Å². The van der Waals surface area contributed by atoms with Gasteiger partial charge >= 0.3 is 0 Å². The summed E-state index contributed by atoms with van der Waals surface area (Å²) in [6.07, 6.45) is 1.49. The lowest BCUT2D eigenvalue weighted by Gasteiger charge is -2.21. The minimum atomic E-state index is -0.346. The van der Waals surface area contributed by atoms with Gasteiger partial charge in [-0.05, 0) is 37.5 Å². The van der Waals surface area contributed by atoms with E-state index in [-0.39, 0.29) is 17.5 Å². The van der Waals surface area contributed by atoms with Crippen molar-refractivity contribution in [2.45, 2.75) is 19.8 Å². The first-order valence-corrected chi connectivity index (χ1v) is 5.56. The highest BCUT2D eigenvalue weighted by molar-refractivity contribution is 5.99. The van der Waals surface area contributed by atoms with Crippen molar-refractivity contribution in [1.29, 1.82) is 0 Å². The van der Waals surface area contributed by atoms with Gasteiger partial charge in [0, 0.05) is 24.7 Å². The number of halogens is 1. The first kappa shape index (κ1) is 11.3. The molecule has 0 aliphatic carbocycles. The third-order valence-electron chi connectivity index (χ3n) is 3.06. The molecule has 0 aromatic heterocycles. The predicted molar refractivity (Wildman–Crippen MR) is 59.0 cm³/mol. The van der Waals surface area contributed by atoms with Crippen molar-refractivity contribution in [2.75, 3.05) is 13.2 Å². The van der Waals surface area contributed by atoms with E-state index >= 15 is 0 Å². The third kappa shape index (κ3) is 2.30. The zero-order chi connectivity index (χ0) is 11.5. The maximum atomic E-state index is 13.1. The van der Waals surface area contributed by atoms with Crippen LogP contribution >= 0.6 is 0 Å². The van der Waals surface area contributed by atoms with Crippen LogP contribution in [0.3, 0.4) is 0 Å². The zero-order valence-electron chi connectivity index (χ0n) is 9.33. The number of ether oxygens (including phenoxy) is 1. The number of hydrogen-bond acceptors (Lipinski definition) is 2. The molecule has 1 saturated heterocycles. The minimum Gasteiger partial charge on any atom is -0.381 e. The molecule has 0 amide bonds. The maximum absolute atomic E-state index is 13.1. The second-order valence-corrected chi connectivity index (χ2v) is 4.21. The summed E-state index contributed by atoms with van der Waals surface area (Å²) < 4.78 is 18.3. The Kier molecular flexibility index (Phi) is 3.34. The fraction of sp³-hybridized carbons (Fsp3) is 0.462. The monoisotopic (exact) mass is 222 g/mol. The molecule has 0 spiro atoms. The summed E-state index contributed by atoms with van der Waals surface area (Å²) in [6, 6.07) is 4.38. The summed E-state index contributed by atoms with van der Waals surface area (Å²) in [6.45, 7) is 3.10. The van der Waals surface area contributed by atoms with E-state index in [4.69, 9.17) is 4.74 Å². The highest BCUT2D eigenvalue weighted by Gasteiger charge is 2.24. The van der Waals surface area contributed by atoms with Crippen LogP contribution in [0, 0.1) is 18.7 Å². The second-order valence-electron chi connectivity index (χ2n) is 4.21. The molecule has 16 heavy (non-hydrogen) atoms. The number of hydrogen-bond donors (Lipinski definition) is 0. The first-order valence-electron chi connectivity index (χ1n) is 5.56. The lowest BCUT2D eigenvalue weighted by atomic mass is 9.89. The molecule has 1 heterocycles. The molecule has 3 heteroatoms. The normalized spacial score (nSPS) is 17.4. The van der Waals surface area contributed by atoms with Crippen molar-refractivity contribution >= 4 is 5.78 Å². The molecule has 0 atom stereocenters. The minimum absolute atomic E-state index is 0.00532. The van der Waals surface area contributed by atoms with Crippen molar-refractivity contribution in [3.8, 4) is 0 Å². The van der Waals surface area contributed by atoms with Crippen molar-refractivity contribution in [2.24, 2.45) is 5.92 Å². The van der Waals surface area contributed by atoms with E-state index in [9.17, 15) is 9.18 Å². The molecule has 0 bridgehead atoms. The van der Waals surface area contributed by atoms with Gasteiger partial charge in [0.15, 0.2) is 5.78 Å². The lowest BCUT2D eigenvalue weighted by Crippen LogP contribution is -2.24. The van der Waals surface area contributed by atoms with Crippen molar-refractivity contribution in [3.63, 3.8) is 0 Å². The number of ketones is 1. The van der Waals surface area contributed by atoms with E-state index in [1.807, 2.05) is 6.92 Å². The van der Waals surface area contributed by atoms with Gasteiger partial charge in [-0.25, -0.2) is 4.39 Å². The molecule has 0 saturated carbocycles. The second kappa shape index (κ2) is 4.74. The summed E-state index contributed by atoms with van der Waals surface area (Å²) in [7, 11) is 0. The van der Waals surface area contributed by atoms with Gasteiger partial charge in [0.2, 0.25) is 0 Å². The smallest absolute Gasteiger partial charge is 0.166 e. The van der Waals surface area contributed by atoms with E-state index < -0.39 is 0 Å². The van der Waals surface area contributed by atoms with E-state index in [0.717, 1.165) is 18.4 Å². The van der Waals surface area contributed by atoms with Crippen LogP contribution in [0.1, 0.15) is 28.8 Å². The van der Waals surface area contributed by atoms with Crippen LogP contribution < -0.4 is 0 Å². The van der Waals surface area contributed by atoms with Gasteiger partial charge in [-0.3, -0.25) is 4.79 Å². The standard InChI is InChI=1S/C13H15FO2/c1-9-2-3-11(14)8-12(9)13(15)10-4-6-16-7-5-10/h2-3,8,10H,4-7H2,1H3. The number of benzene rings is 1. The number of aryl methyl sites for hydroxylation is 1. The fourth-order valence-corrected chi connectivity index (χ4v) is 2.04. The average Bonchev–Trinajstić information content (AvgIpc) is 2.32. The zero-order valence-corrected chi connectivity index (χ0v) is 9.33. The molecule has 2 nitrogen and oxygen atoms in total. The quantitative estimate of drug-likeness (QED) is 0.719. The molecular weight excluding hydrogens is 207 g/mol. The molecule has 86 valence electrons. The predicted octanol–water partition coefficient (Wildman–Crippen LogP) is 2.74. The van der Waals surface area contributed by atoms with Gasteiger partial charge in [0.05, 0.1) is 0 Å². The summed E-state index contributed by atoms with van der Waals surface area (Å²) in [4.78, 5) is 12.2. The van der Waals surface area contributed by atoms with Crippen LogP contribution in [0.25, 0.3) is 0 Å². The molecule has 1 aromatic rings. The number of carbonyl (C=O) groups is 1. The first-order chi connectivity index (χ1) is 7.68. The summed E-state index contributed by atoms with van der Waals surface area (Å²) in [5, 5.41) is 0. The summed E-state index contributed by atoms with van der Waals surface area (Å²) in [5.74, 6) is -0.296. The Morgan fingerprint density at radius 2 is 2.06 bits per heavy atom. The van der Waals surface area contributed by atoms with Gasteiger partial charge in [0.25, 0.3) is 0 Å². The van der Waals surface area contributed by atoms with E-state index in [1.165, 1.54) is 12.1 Å². The average molecular weight is 222 g/mol. The summed E-state index contributed by atoms with van der Waals surface area (Å²) in [5.41, 5.74) is 1.37. The van der Waals surface area contributed by atoms with Gasteiger partial charge in [-0.15, -0.1) is 0 Å². The van der Waals surface area contributed by atoms with Gasteiger partial charge in [-0.2, -0.15) is 0 Å². The number of rotatable bonds is 2. The van der Waals surface area contributed by atoms with E-state index in [0.29, 0.717) is 18.8 Å². The topological polar surface area (TPSA) is 26.3 Å². The SMILES string of the molecule is Cc1ccc(F)cc1C(=O)C1CCOCC1. The molecular formula is C13H15FO2. The molecule has 0 N–H and O–H groups in total. The Morgan fingerprint density at radius 1 is 1.38 bits per heavy atom. The molecule has 1 aliphatic heterocycles. The lowest BCUT2D eigenvalue weighted by molar-refractivity contribution is 0.0544. The largest absolute Gasteiger partial charge is 0.381 e. The van der Waals surface area contributed by atoms with Crippen LogP contribution in [-0.2, 0) is 4.74 Å².